The summed E-state index contributed by atoms with van der Waals surface area (Å²) >= 11 is 1.76. The Morgan fingerprint density at radius 2 is 2.08 bits per heavy atom. The van der Waals surface area contributed by atoms with Crippen LogP contribution >= 0.6 is 35.3 Å². The van der Waals surface area contributed by atoms with Crippen molar-refractivity contribution in [2.75, 3.05) is 20.1 Å². The molecule has 1 aromatic heterocycles. The third kappa shape index (κ3) is 5.44. The number of nitrogens with one attached hydrogen (secondary N) is 2. The number of nitrogens with zero attached hydrogens (tertiary/aromatic N) is 2. The topological polar surface area (TPSA) is 49.3 Å². The largest absolute Gasteiger partial charge is 0.356 e. The van der Waals surface area contributed by atoms with Gasteiger partial charge >= 0.3 is 0 Å². The summed E-state index contributed by atoms with van der Waals surface area (Å²) in [7, 11) is 1.82. The van der Waals surface area contributed by atoms with Gasteiger partial charge in [-0.15, -0.1) is 35.3 Å². The molecule has 2 atom stereocenters. The van der Waals surface area contributed by atoms with Gasteiger partial charge in [0.05, 0.1) is 5.01 Å². The van der Waals surface area contributed by atoms with E-state index in [2.05, 4.69) is 57.9 Å². The molecule has 0 amide bonds. The van der Waals surface area contributed by atoms with E-state index in [9.17, 15) is 0 Å². The molecule has 1 saturated carbocycles. The van der Waals surface area contributed by atoms with E-state index in [1.165, 1.54) is 21.9 Å². The molecule has 0 saturated heterocycles. The third-order valence-electron chi connectivity index (χ3n) is 4.21. The standard InChI is InChI=1S/C18H24N4S.HI/c1-13-11-21-17(23-13)8-9-20-18(19-2)22-12-15-10-16(15)14-6-4-3-5-7-14;/h3-7,11,15-16H,8-10,12H2,1-2H3,(H2,19,20,22);1H. The number of guanidine groups is 1. The maximum atomic E-state index is 4.38. The first-order valence-corrected chi connectivity index (χ1v) is 8.98. The van der Waals surface area contributed by atoms with Gasteiger partial charge in [-0.25, -0.2) is 4.98 Å². The van der Waals surface area contributed by atoms with Crippen LogP contribution in [-0.4, -0.2) is 31.1 Å². The quantitative estimate of drug-likeness (QED) is 0.397. The smallest absolute Gasteiger partial charge is 0.190 e. The number of hydrogen-bond donors (Lipinski definition) is 2. The lowest BCUT2D eigenvalue weighted by molar-refractivity contribution is 0.717. The molecule has 0 aliphatic heterocycles. The lowest BCUT2D eigenvalue weighted by Crippen LogP contribution is -2.39. The Kier molecular flexibility index (Phi) is 7.48. The maximum absolute atomic E-state index is 4.38. The SMILES string of the molecule is CN=C(NCCc1ncc(C)s1)NCC1CC1c1ccccc1.I. The van der Waals surface area contributed by atoms with E-state index in [-0.39, 0.29) is 24.0 Å². The van der Waals surface area contributed by atoms with E-state index in [0.29, 0.717) is 5.92 Å². The minimum absolute atomic E-state index is 0. The molecule has 0 spiro atoms. The van der Waals surface area contributed by atoms with Crippen LogP contribution in [0.5, 0.6) is 0 Å². The zero-order valence-corrected chi connectivity index (χ0v) is 17.3. The molecule has 2 N–H and O–H groups in total. The number of aromatic nitrogens is 1. The summed E-state index contributed by atoms with van der Waals surface area (Å²) in [5.41, 5.74) is 1.46. The average molecular weight is 456 g/mol. The van der Waals surface area contributed by atoms with Gasteiger partial charge in [0.2, 0.25) is 0 Å². The molecule has 3 rings (SSSR count). The monoisotopic (exact) mass is 456 g/mol. The zero-order valence-electron chi connectivity index (χ0n) is 14.2. The Hall–Kier alpha value is -1.15. The Bertz CT molecular complexity index is 656. The first-order valence-electron chi connectivity index (χ1n) is 8.17. The summed E-state index contributed by atoms with van der Waals surface area (Å²) in [6, 6.07) is 10.8. The van der Waals surface area contributed by atoms with Crippen LogP contribution in [0.4, 0.5) is 0 Å². The molecule has 1 heterocycles. The molecule has 4 nitrogen and oxygen atoms in total. The van der Waals surface area contributed by atoms with Crippen molar-refractivity contribution >= 4 is 41.3 Å². The molecule has 2 aromatic rings. The Morgan fingerprint density at radius 1 is 1.29 bits per heavy atom. The summed E-state index contributed by atoms with van der Waals surface area (Å²) in [5, 5.41) is 7.99. The van der Waals surface area contributed by atoms with Crippen molar-refractivity contribution in [3.63, 3.8) is 0 Å². The Labute approximate surface area is 165 Å². The molecule has 1 aliphatic carbocycles. The van der Waals surface area contributed by atoms with Gasteiger partial charge in [-0.1, -0.05) is 30.3 Å². The second kappa shape index (κ2) is 9.36. The van der Waals surface area contributed by atoms with Gasteiger partial charge in [0.1, 0.15) is 0 Å². The van der Waals surface area contributed by atoms with Crippen LogP contribution in [0.15, 0.2) is 41.5 Å². The van der Waals surface area contributed by atoms with Gasteiger partial charge < -0.3 is 10.6 Å². The number of rotatable bonds is 6. The molecule has 0 bridgehead atoms. The summed E-state index contributed by atoms with van der Waals surface area (Å²) in [4.78, 5) is 9.95. The van der Waals surface area contributed by atoms with Crippen LogP contribution in [0.3, 0.4) is 0 Å². The normalized spacial score (nSPS) is 19.5. The van der Waals surface area contributed by atoms with Crippen molar-refractivity contribution in [2.45, 2.75) is 25.7 Å². The zero-order chi connectivity index (χ0) is 16.1. The van der Waals surface area contributed by atoms with E-state index < -0.39 is 0 Å². The predicted octanol–water partition coefficient (Wildman–Crippen LogP) is 3.58. The Morgan fingerprint density at radius 3 is 2.75 bits per heavy atom. The van der Waals surface area contributed by atoms with Crippen LogP contribution in [-0.2, 0) is 6.42 Å². The lowest BCUT2D eigenvalue weighted by Gasteiger charge is -2.11. The summed E-state index contributed by atoms with van der Waals surface area (Å²) < 4.78 is 0. The van der Waals surface area contributed by atoms with Gasteiger partial charge in [0.15, 0.2) is 5.96 Å². The molecule has 1 fully saturated rings. The van der Waals surface area contributed by atoms with Crippen molar-refractivity contribution < 1.29 is 0 Å². The highest BCUT2D eigenvalue weighted by Crippen LogP contribution is 2.46. The Balaban J connectivity index is 0.00000208. The third-order valence-corrected chi connectivity index (χ3v) is 5.18. The molecule has 6 heteroatoms. The van der Waals surface area contributed by atoms with Crippen molar-refractivity contribution in [2.24, 2.45) is 10.9 Å². The van der Waals surface area contributed by atoms with E-state index in [4.69, 9.17) is 0 Å². The van der Waals surface area contributed by atoms with E-state index >= 15 is 0 Å². The molecule has 1 aromatic carbocycles. The first-order chi connectivity index (χ1) is 11.3. The highest BCUT2D eigenvalue weighted by Gasteiger charge is 2.37. The number of aliphatic imine (C=N–C) groups is 1. The first kappa shape index (κ1) is 19.2. The van der Waals surface area contributed by atoms with E-state index in [1.807, 2.05) is 13.2 Å². The van der Waals surface area contributed by atoms with Crippen LogP contribution in [0.25, 0.3) is 0 Å². The van der Waals surface area contributed by atoms with Gasteiger partial charge in [0, 0.05) is 37.6 Å². The molecule has 1 aliphatic rings. The number of benzene rings is 1. The van der Waals surface area contributed by atoms with Gasteiger partial charge in [0.25, 0.3) is 0 Å². The second-order valence-electron chi connectivity index (χ2n) is 6.01. The molecule has 24 heavy (non-hydrogen) atoms. The van der Waals surface area contributed by atoms with Crippen molar-refractivity contribution in [1.82, 2.24) is 15.6 Å². The highest BCUT2D eigenvalue weighted by atomic mass is 127. The summed E-state index contributed by atoms with van der Waals surface area (Å²) in [5.74, 6) is 2.31. The minimum Gasteiger partial charge on any atom is -0.356 e. The minimum atomic E-state index is 0. The lowest BCUT2D eigenvalue weighted by atomic mass is 10.1. The van der Waals surface area contributed by atoms with Crippen molar-refractivity contribution in [3.8, 4) is 0 Å². The fraction of sp³-hybridized carbons (Fsp3) is 0.444. The maximum Gasteiger partial charge on any atom is 0.190 e. The van der Waals surface area contributed by atoms with E-state index in [0.717, 1.165) is 31.4 Å². The van der Waals surface area contributed by atoms with Crippen LogP contribution in [0, 0.1) is 12.8 Å². The van der Waals surface area contributed by atoms with Gasteiger partial charge in [-0.2, -0.15) is 0 Å². The number of aryl methyl sites for hydroxylation is 1. The molecule has 0 radical (unpaired) electrons. The fourth-order valence-electron chi connectivity index (χ4n) is 2.83. The second-order valence-corrected chi connectivity index (χ2v) is 7.33. The number of hydrogen-bond acceptors (Lipinski definition) is 3. The summed E-state index contributed by atoms with van der Waals surface area (Å²) in [6.07, 6.45) is 4.14. The van der Waals surface area contributed by atoms with Crippen molar-refractivity contribution in [1.29, 1.82) is 0 Å². The summed E-state index contributed by atoms with van der Waals surface area (Å²) in [6.45, 7) is 3.93. The predicted molar refractivity (Wildman–Crippen MR) is 113 cm³/mol. The van der Waals surface area contributed by atoms with Gasteiger partial charge in [-0.05, 0) is 30.7 Å². The fourth-order valence-corrected chi connectivity index (χ4v) is 3.62. The van der Waals surface area contributed by atoms with Crippen LogP contribution in [0.2, 0.25) is 0 Å². The average Bonchev–Trinajstić information content (AvgIpc) is 3.25. The molecular formula is C18H25IN4S. The molecule has 130 valence electrons. The molecule has 2 unspecified atom stereocenters. The number of thiazole rings is 1. The van der Waals surface area contributed by atoms with E-state index in [1.54, 1.807) is 11.3 Å². The van der Waals surface area contributed by atoms with Crippen LogP contribution in [0.1, 0.15) is 27.8 Å². The van der Waals surface area contributed by atoms with Crippen LogP contribution < -0.4 is 10.6 Å². The van der Waals surface area contributed by atoms with Crippen molar-refractivity contribution in [3.05, 3.63) is 52.0 Å². The molecular weight excluding hydrogens is 431 g/mol. The van der Waals surface area contributed by atoms with Gasteiger partial charge in [-0.3, -0.25) is 4.99 Å². The highest BCUT2D eigenvalue weighted by molar-refractivity contribution is 14.0. The number of halogens is 1.